The number of hydrogen-bond donors (Lipinski definition) is 2. The van der Waals surface area contributed by atoms with Crippen molar-refractivity contribution in [3.05, 3.63) is 47.5 Å². The number of aromatic nitrogens is 2. The van der Waals surface area contributed by atoms with Gasteiger partial charge in [0.1, 0.15) is 5.82 Å². The van der Waals surface area contributed by atoms with Crippen LogP contribution in [0, 0.1) is 5.82 Å². The second-order valence-corrected chi connectivity index (χ2v) is 3.49. The second kappa shape index (κ2) is 4.99. The molecule has 0 saturated carbocycles. The number of benzene rings is 1. The van der Waals surface area contributed by atoms with Gasteiger partial charge in [0.25, 0.3) is 0 Å². The van der Waals surface area contributed by atoms with Crippen molar-refractivity contribution in [2.75, 3.05) is 0 Å². The van der Waals surface area contributed by atoms with Crippen LogP contribution < -0.4 is 0 Å². The molecule has 0 atom stereocenters. The molecule has 2 rings (SSSR count). The van der Waals surface area contributed by atoms with Crippen LogP contribution in [-0.4, -0.2) is 20.4 Å². The van der Waals surface area contributed by atoms with Crippen molar-refractivity contribution >= 4 is 0 Å². The van der Waals surface area contributed by atoms with Gasteiger partial charge >= 0.3 is 0 Å². The molecule has 0 saturated heterocycles. The first kappa shape index (κ1) is 11.6. The maximum absolute atomic E-state index is 13.6. The Balaban J connectivity index is 2.60. The Morgan fingerprint density at radius 2 is 1.76 bits per heavy atom. The Morgan fingerprint density at radius 1 is 1.00 bits per heavy atom. The minimum absolute atomic E-state index is 0.278. The van der Waals surface area contributed by atoms with E-state index < -0.39 is 5.82 Å². The lowest BCUT2D eigenvalue weighted by atomic mass is 10.0. The van der Waals surface area contributed by atoms with E-state index >= 15 is 0 Å². The van der Waals surface area contributed by atoms with Gasteiger partial charge in [-0.2, -0.15) is 10.2 Å². The number of halogens is 1. The second-order valence-electron chi connectivity index (χ2n) is 3.49. The summed E-state index contributed by atoms with van der Waals surface area (Å²) in [4.78, 5) is 0. The normalized spacial score (nSPS) is 10.5. The highest BCUT2D eigenvalue weighted by Crippen LogP contribution is 2.25. The lowest BCUT2D eigenvalue weighted by Gasteiger charge is -2.08. The van der Waals surface area contributed by atoms with Gasteiger partial charge in [0.05, 0.1) is 24.6 Å². The number of aliphatic hydroxyl groups excluding tert-OH is 2. The molecule has 0 unspecified atom stereocenters. The zero-order valence-electron chi connectivity index (χ0n) is 8.97. The molecular formula is C12H11FN2O2. The van der Waals surface area contributed by atoms with Gasteiger partial charge in [-0.05, 0) is 12.1 Å². The third-order valence-electron chi connectivity index (χ3n) is 2.40. The topological polar surface area (TPSA) is 66.2 Å². The van der Waals surface area contributed by atoms with Crippen molar-refractivity contribution < 1.29 is 14.6 Å². The highest BCUT2D eigenvalue weighted by molar-refractivity contribution is 5.66. The molecule has 0 bridgehead atoms. The molecule has 2 aromatic rings. The number of rotatable bonds is 3. The summed E-state index contributed by atoms with van der Waals surface area (Å²) in [5.41, 5.74) is 1.40. The summed E-state index contributed by atoms with van der Waals surface area (Å²) in [5, 5.41) is 25.6. The third kappa shape index (κ3) is 2.30. The molecule has 4 nitrogen and oxygen atoms in total. The fourth-order valence-corrected chi connectivity index (χ4v) is 1.56. The van der Waals surface area contributed by atoms with Gasteiger partial charge in [-0.3, -0.25) is 0 Å². The van der Waals surface area contributed by atoms with Crippen LogP contribution in [0.3, 0.4) is 0 Å². The largest absolute Gasteiger partial charge is 0.390 e. The lowest BCUT2D eigenvalue weighted by Crippen LogP contribution is -2.02. The molecule has 0 radical (unpaired) electrons. The fraction of sp³-hybridized carbons (Fsp3) is 0.167. The fourth-order valence-electron chi connectivity index (χ4n) is 1.56. The molecule has 0 aliphatic carbocycles. The molecule has 2 N–H and O–H groups in total. The van der Waals surface area contributed by atoms with Gasteiger partial charge in [0, 0.05) is 11.1 Å². The van der Waals surface area contributed by atoms with E-state index in [1.54, 1.807) is 18.2 Å². The van der Waals surface area contributed by atoms with Gasteiger partial charge in [-0.1, -0.05) is 18.2 Å². The molecule has 0 spiro atoms. The average molecular weight is 234 g/mol. The highest BCUT2D eigenvalue weighted by Gasteiger charge is 2.11. The molecule has 0 aliphatic rings. The first-order valence-corrected chi connectivity index (χ1v) is 5.08. The third-order valence-corrected chi connectivity index (χ3v) is 2.40. The average Bonchev–Trinajstić information content (AvgIpc) is 2.38. The van der Waals surface area contributed by atoms with E-state index in [2.05, 4.69) is 10.2 Å². The minimum atomic E-state index is -0.404. The van der Waals surface area contributed by atoms with Crippen molar-refractivity contribution in [3.63, 3.8) is 0 Å². The summed E-state index contributed by atoms with van der Waals surface area (Å²) in [6.07, 6.45) is 0. The summed E-state index contributed by atoms with van der Waals surface area (Å²) in [6.45, 7) is -0.609. The van der Waals surface area contributed by atoms with Gasteiger partial charge in [0.2, 0.25) is 0 Å². The predicted octanol–water partition coefficient (Wildman–Crippen LogP) is 1.27. The Morgan fingerprint density at radius 3 is 2.41 bits per heavy atom. The maximum Gasteiger partial charge on any atom is 0.131 e. The van der Waals surface area contributed by atoms with Gasteiger partial charge in [-0.25, -0.2) is 4.39 Å². The van der Waals surface area contributed by atoms with Crippen molar-refractivity contribution in [1.29, 1.82) is 0 Å². The smallest absolute Gasteiger partial charge is 0.131 e. The summed E-state index contributed by atoms with van der Waals surface area (Å²) < 4.78 is 13.6. The highest BCUT2D eigenvalue weighted by atomic mass is 19.1. The molecule has 1 heterocycles. The van der Waals surface area contributed by atoms with Crippen LogP contribution in [0.5, 0.6) is 0 Å². The van der Waals surface area contributed by atoms with E-state index in [0.717, 1.165) is 0 Å². The van der Waals surface area contributed by atoms with Crippen LogP contribution in [0.2, 0.25) is 0 Å². The van der Waals surface area contributed by atoms with Crippen LogP contribution in [0.1, 0.15) is 11.4 Å². The van der Waals surface area contributed by atoms with E-state index in [1.807, 2.05) is 0 Å². The van der Waals surface area contributed by atoms with E-state index in [4.69, 9.17) is 10.2 Å². The van der Waals surface area contributed by atoms with Gasteiger partial charge < -0.3 is 10.2 Å². The molecule has 88 valence electrons. The summed E-state index contributed by atoms with van der Waals surface area (Å²) in [5.74, 6) is -0.404. The predicted molar refractivity (Wildman–Crippen MR) is 59.3 cm³/mol. The van der Waals surface area contributed by atoms with Crippen LogP contribution in [0.15, 0.2) is 30.3 Å². The van der Waals surface area contributed by atoms with Crippen LogP contribution in [0.25, 0.3) is 11.1 Å². The summed E-state index contributed by atoms with van der Waals surface area (Å²) in [7, 11) is 0. The van der Waals surface area contributed by atoms with Crippen molar-refractivity contribution in [2.45, 2.75) is 13.2 Å². The Kier molecular flexibility index (Phi) is 3.41. The van der Waals surface area contributed by atoms with Crippen molar-refractivity contribution in [3.8, 4) is 11.1 Å². The molecule has 0 fully saturated rings. The number of hydrogen-bond acceptors (Lipinski definition) is 4. The standard InChI is InChI=1S/C12H11FN2O2/c13-11-4-2-1-3-9(11)10-5-8(6-16)14-15-12(10)7-17/h1-5,16-17H,6-7H2. The van der Waals surface area contributed by atoms with Crippen LogP contribution in [-0.2, 0) is 13.2 Å². The molecule has 5 heteroatoms. The summed E-state index contributed by atoms with van der Waals surface area (Å²) in [6, 6.07) is 7.72. The zero-order chi connectivity index (χ0) is 12.3. The molecule has 1 aromatic heterocycles. The van der Waals surface area contributed by atoms with Gasteiger partial charge in [0.15, 0.2) is 0 Å². The molecule has 0 amide bonds. The van der Waals surface area contributed by atoms with Crippen molar-refractivity contribution in [1.82, 2.24) is 10.2 Å². The first-order chi connectivity index (χ1) is 8.26. The van der Waals surface area contributed by atoms with E-state index in [9.17, 15) is 4.39 Å². The number of aliphatic hydroxyl groups is 2. The Bertz CT molecular complexity index is 532. The molecule has 1 aromatic carbocycles. The summed E-state index contributed by atoms with van der Waals surface area (Å²) >= 11 is 0. The number of nitrogens with zero attached hydrogens (tertiary/aromatic N) is 2. The maximum atomic E-state index is 13.6. The minimum Gasteiger partial charge on any atom is -0.390 e. The SMILES string of the molecule is OCc1cc(-c2ccccc2F)c(CO)nn1. The van der Waals surface area contributed by atoms with E-state index in [1.165, 1.54) is 12.1 Å². The monoisotopic (exact) mass is 234 g/mol. The lowest BCUT2D eigenvalue weighted by molar-refractivity contribution is 0.268. The van der Waals surface area contributed by atoms with Crippen LogP contribution in [0.4, 0.5) is 4.39 Å². The quantitative estimate of drug-likeness (QED) is 0.839. The van der Waals surface area contributed by atoms with E-state index in [0.29, 0.717) is 16.8 Å². The first-order valence-electron chi connectivity index (χ1n) is 5.08. The van der Waals surface area contributed by atoms with Crippen LogP contribution >= 0.6 is 0 Å². The Hall–Kier alpha value is -1.85. The Labute approximate surface area is 97.4 Å². The van der Waals surface area contributed by atoms with E-state index in [-0.39, 0.29) is 18.9 Å². The molecule has 17 heavy (non-hydrogen) atoms. The molecular weight excluding hydrogens is 223 g/mol. The zero-order valence-corrected chi connectivity index (χ0v) is 8.97. The van der Waals surface area contributed by atoms with Crippen molar-refractivity contribution in [2.24, 2.45) is 0 Å². The molecule has 0 aliphatic heterocycles. The van der Waals surface area contributed by atoms with Gasteiger partial charge in [-0.15, -0.1) is 0 Å².